The van der Waals surface area contributed by atoms with Crippen LogP contribution in [0.15, 0.2) is 11.6 Å². The van der Waals surface area contributed by atoms with Gasteiger partial charge in [-0.05, 0) is 13.8 Å². The lowest BCUT2D eigenvalue weighted by Crippen LogP contribution is -2.40. The quantitative estimate of drug-likeness (QED) is 0.562. The maximum absolute atomic E-state index is 11.1. The minimum Gasteiger partial charge on any atom is -0.466 e. The number of carbonyl (C=O) groups is 2. The fraction of sp³-hybridized carbons (Fsp3) is 0.500. The van der Waals surface area contributed by atoms with Crippen LogP contribution >= 0.6 is 0 Å². The highest BCUT2D eigenvalue weighted by molar-refractivity contribution is 6.04. The molecule has 1 aliphatic rings. The molecule has 4 nitrogen and oxygen atoms in total. The van der Waals surface area contributed by atoms with E-state index < -0.39 is 11.5 Å². The van der Waals surface area contributed by atoms with Gasteiger partial charge < -0.3 is 10.1 Å². The van der Waals surface area contributed by atoms with Crippen molar-refractivity contribution in [3.63, 3.8) is 0 Å². The first kappa shape index (κ1) is 8.77. The number of carbonyl (C=O) groups excluding carboxylic acids is 2. The van der Waals surface area contributed by atoms with E-state index in [1.54, 1.807) is 13.8 Å². The molecule has 66 valence electrons. The molecule has 0 aromatic heterocycles. The van der Waals surface area contributed by atoms with Crippen LogP contribution < -0.4 is 5.32 Å². The van der Waals surface area contributed by atoms with Crippen LogP contribution in [0, 0.1) is 0 Å². The third kappa shape index (κ3) is 1.32. The lowest BCUT2D eigenvalue weighted by molar-refractivity contribution is -0.136. The first-order chi connectivity index (χ1) is 5.47. The Morgan fingerprint density at radius 3 is 2.50 bits per heavy atom. The van der Waals surface area contributed by atoms with E-state index in [2.05, 4.69) is 10.1 Å². The van der Waals surface area contributed by atoms with Gasteiger partial charge in [-0.15, -0.1) is 0 Å². The van der Waals surface area contributed by atoms with Gasteiger partial charge in [-0.3, -0.25) is 4.79 Å². The van der Waals surface area contributed by atoms with E-state index in [0.717, 1.165) is 0 Å². The number of nitrogens with one attached hydrogen (secondary N) is 1. The predicted octanol–water partition coefficient (Wildman–Crippen LogP) is -0.00580. The molecule has 1 heterocycles. The maximum atomic E-state index is 11.1. The van der Waals surface area contributed by atoms with Gasteiger partial charge in [0.15, 0.2) is 0 Å². The van der Waals surface area contributed by atoms with Crippen molar-refractivity contribution in [3.8, 4) is 0 Å². The molecule has 0 atom stereocenters. The van der Waals surface area contributed by atoms with E-state index in [4.69, 9.17) is 0 Å². The molecule has 12 heavy (non-hydrogen) atoms. The van der Waals surface area contributed by atoms with E-state index in [-0.39, 0.29) is 5.91 Å². The highest BCUT2D eigenvalue weighted by Gasteiger charge is 2.36. The second-order valence-corrected chi connectivity index (χ2v) is 3.16. The van der Waals surface area contributed by atoms with Gasteiger partial charge in [0.25, 0.3) is 0 Å². The van der Waals surface area contributed by atoms with Crippen LogP contribution in [0.5, 0.6) is 0 Å². The Morgan fingerprint density at radius 2 is 2.17 bits per heavy atom. The Morgan fingerprint density at radius 1 is 1.58 bits per heavy atom. The standard InChI is InChI=1S/C8H11NO3/c1-8(2)5(7(11)12-3)4-6(10)9-8/h4H,1-3H3,(H,9,10). The zero-order valence-corrected chi connectivity index (χ0v) is 7.30. The topological polar surface area (TPSA) is 55.4 Å². The van der Waals surface area contributed by atoms with Gasteiger partial charge >= 0.3 is 5.97 Å². The molecule has 0 spiro atoms. The van der Waals surface area contributed by atoms with Crippen molar-refractivity contribution in [2.45, 2.75) is 19.4 Å². The third-order valence-electron chi connectivity index (χ3n) is 1.79. The van der Waals surface area contributed by atoms with E-state index >= 15 is 0 Å². The predicted molar refractivity (Wildman–Crippen MR) is 42.3 cm³/mol. The summed E-state index contributed by atoms with van der Waals surface area (Å²) in [5.74, 6) is -0.709. The number of ether oxygens (including phenoxy) is 1. The van der Waals surface area contributed by atoms with Crippen molar-refractivity contribution in [2.24, 2.45) is 0 Å². The SMILES string of the molecule is COC(=O)C1=CC(=O)NC1(C)C. The molecular weight excluding hydrogens is 158 g/mol. The summed E-state index contributed by atoms with van der Waals surface area (Å²) in [4.78, 5) is 22.0. The first-order valence-electron chi connectivity index (χ1n) is 3.60. The van der Waals surface area contributed by atoms with Gasteiger partial charge in [-0.1, -0.05) is 0 Å². The van der Waals surface area contributed by atoms with Crippen LogP contribution in [0.3, 0.4) is 0 Å². The van der Waals surface area contributed by atoms with E-state index in [1.165, 1.54) is 13.2 Å². The van der Waals surface area contributed by atoms with Crippen molar-refractivity contribution >= 4 is 11.9 Å². The molecule has 1 aliphatic heterocycles. The number of rotatable bonds is 1. The van der Waals surface area contributed by atoms with Crippen LogP contribution in [-0.2, 0) is 14.3 Å². The van der Waals surface area contributed by atoms with Crippen molar-refractivity contribution < 1.29 is 14.3 Å². The molecule has 1 N–H and O–H groups in total. The maximum Gasteiger partial charge on any atom is 0.336 e. The second kappa shape index (κ2) is 2.62. The smallest absolute Gasteiger partial charge is 0.336 e. The molecule has 0 radical (unpaired) electrons. The average molecular weight is 169 g/mol. The monoisotopic (exact) mass is 169 g/mol. The Balaban J connectivity index is 2.95. The van der Waals surface area contributed by atoms with Crippen LogP contribution in [0.1, 0.15) is 13.8 Å². The van der Waals surface area contributed by atoms with Crippen LogP contribution in [0.4, 0.5) is 0 Å². The molecule has 1 amide bonds. The first-order valence-corrected chi connectivity index (χ1v) is 3.60. The number of methoxy groups -OCH3 is 1. The zero-order chi connectivity index (χ0) is 9.35. The largest absolute Gasteiger partial charge is 0.466 e. The number of amides is 1. The molecule has 0 bridgehead atoms. The molecule has 0 saturated heterocycles. The highest BCUT2D eigenvalue weighted by Crippen LogP contribution is 2.21. The molecule has 0 aliphatic carbocycles. The average Bonchev–Trinajstić information content (AvgIpc) is 2.23. The summed E-state index contributed by atoms with van der Waals surface area (Å²) < 4.78 is 4.52. The molecule has 0 unspecified atom stereocenters. The van der Waals surface area contributed by atoms with Crippen molar-refractivity contribution in [1.29, 1.82) is 0 Å². The van der Waals surface area contributed by atoms with E-state index in [1.807, 2.05) is 0 Å². The molecule has 4 heteroatoms. The van der Waals surface area contributed by atoms with Crippen molar-refractivity contribution in [3.05, 3.63) is 11.6 Å². The molecule has 1 rings (SSSR count). The van der Waals surface area contributed by atoms with Gasteiger partial charge in [-0.25, -0.2) is 4.79 Å². The van der Waals surface area contributed by atoms with E-state index in [9.17, 15) is 9.59 Å². The molecule has 0 aromatic rings. The lowest BCUT2D eigenvalue weighted by Gasteiger charge is -2.20. The van der Waals surface area contributed by atoms with Crippen LogP contribution in [0.25, 0.3) is 0 Å². The number of hydrogen-bond donors (Lipinski definition) is 1. The Hall–Kier alpha value is -1.32. The summed E-state index contributed by atoms with van der Waals surface area (Å²) in [6.45, 7) is 3.50. The molecule has 0 fully saturated rings. The minimum atomic E-state index is -0.607. The van der Waals surface area contributed by atoms with Crippen LogP contribution in [-0.4, -0.2) is 24.5 Å². The number of hydrogen-bond acceptors (Lipinski definition) is 3. The van der Waals surface area contributed by atoms with Gasteiger partial charge in [0.1, 0.15) is 0 Å². The lowest BCUT2D eigenvalue weighted by atomic mass is 9.97. The number of esters is 1. The van der Waals surface area contributed by atoms with Gasteiger partial charge in [0.2, 0.25) is 5.91 Å². The summed E-state index contributed by atoms with van der Waals surface area (Å²) >= 11 is 0. The third-order valence-corrected chi connectivity index (χ3v) is 1.79. The van der Waals surface area contributed by atoms with E-state index in [0.29, 0.717) is 5.57 Å². The minimum absolute atomic E-state index is 0.250. The Bertz CT molecular complexity index is 265. The Kier molecular flexibility index (Phi) is 1.92. The molecule has 0 aromatic carbocycles. The highest BCUT2D eigenvalue weighted by atomic mass is 16.5. The summed E-state index contributed by atoms with van der Waals surface area (Å²) in [5, 5.41) is 2.63. The van der Waals surface area contributed by atoms with Crippen molar-refractivity contribution in [2.75, 3.05) is 7.11 Å². The summed E-state index contributed by atoms with van der Waals surface area (Å²) in [6.07, 6.45) is 1.27. The molecule has 0 saturated carbocycles. The second-order valence-electron chi connectivity index (χ2n) is 3.16. The Labute approximate surface area is 70.6 Å². The normalized spacial score (nSPS) is 19.9. The van der Waals surface area contributed by atoms with Crippen LogP contribution in [0.2, 0.25) is 0 Å². The zero-order valence-electron chi connectivity index (χ0n) is 7.30. The summed E-state index contributed by atoms with van der Waals surface area (Å²) in [7, 11) is 1.29. The molecular formula is C8H11NO3. The fourth-order valence-electron chi connectivity index (χ4n) is 1.15. The van der Waals surface area contributed by atoms with Crippen molar-refractivity contribution in [1.82, 2.24) is 5.32 Å². The van der Waals surface area contributed by atoms with Gasteiger partial charge in [-0.2, -0.15) is 0 Å². The van der Waals surface area contributed by atoms with Gasteiger partial charge in [0.05, 0.1) is 18.2 Å². The van der Waals surface area contributed by atoms with Gasteiger partial charge in [0, 0.05) is 6.08 Å². The summed E-state index contributed by atoms with van der Waals surface area (Å²) in [6, 6.07) is 0. The summed E-state index contributed by atoms with van der Waals surface area (Å²) in [5.41, 5.74) is -0.237. The fourth-order valence-corrected chi connectivity index (χ4v) is 1.15.